The van der Waals surface area contributed by atoms with Gasteiger partial charge in [-0.3, -0.25) is 9.69 Å². The number of hydrogen-bond donors (Lipinski definition) is 4. The van der Waals surface area contributed by atoms with Gasteiger partial charge in [0.25, 0.3) is 0 Å². The van der Waals surface area contributed by atoms with E-state index < -0.39 is 6.04 Å². The number of nitrogens with zero attached hydrogens (tertiary/aromatic N) is 4. The summed E-state index contributed by atoms with van der Waals surface area (Å²) in [5.74, 6) is -0.0640. The molecule has 6 rings (SSSR count). The molecule has 0 spiro atoms. The minimum Gasteiger partial charge on any atom is -0.397 e. The van der Waals surface area contributed by atoms with Gasteiger partial charge < -0.3 is 36.4 Å². The van der Waals surface area contributed by atoms with Crippen LogP contribution in [0.3, 0.4) is 0 Å². The molecule has 0 radical (unpaired) electrons. The van der Waals surface area contributed by atoms with Gasteiger partial charge in [-0.05, 0) is 73.8 Å². The fraction of sp³-hybridized carbons (Fsp3) is 0.594. The quantitative estimate of drug-likeness (QED) is 0.338. The number of nitrogens with one attached hydrogen (secondary N) is 3. The molecular weight excluding hydrogens is 612 g/mol. The van der Waals surface area contributed by atoms with Crippen LogP contribution in [0.5, 0.6) is 0 Å². The lowest BCUT2D eigenvalue weighted by atomic mass is 9.99. The SMILES string of the molecule is CCc1cc(C[C@@H](NC(=O)N2CCC(N3Cc4sccc4NC3=O)CC2)C(=O)N2CCN(C3CCNCC3)CC2)cc(Cl)c1N. The zero-order valence-electron chi connectivity index (χ0n) is 26.0. The lowest BCUT2D eigenvalue weighted by Gasteiger charge is -2.42. The standard InChI is InChI=1S/C32H45ClN8O3S/c1-2-22-17-21(18-25(33)29(22)34)19-27(30(42)39-14-12-38(13-15-39)23-3-8-35-9-4-23)37-31(43)40-10-5-24(6-11-40)41-20-28-26(7-16-45-28)36-32(41)44/h7,16-18,23-24,27,35H,2-6,8-15,19-20,34H2,1H3,(H,36,44)(H,37,43)/t27-/m1/s1. The number of fused-ring (bicyclic) bond motifs is 1. The maximum atomic E-state index is 14.0. The summed E-state index contributed by atoms with van der Waals surface area (Å²) in [7, 11) is 0. The van der Waals surface area contributed by atoms with E-state index in [-0.39, 0.29) is 24.0 Å². The molecule has 4 aliphatic heterocycles. The number of nitrogen functional groups attached to an aromatic ring is 1. The van der Waals surface area contributed by atoms with E-state index in [9.17, 15) is 14.4 Å². The van der Waals surface area contributed by atoms with E-state index >= 15 is 0 Å². The third kappa shape index (κ3) is 7.19. The van der Waals surface area contributed by atoms with Gasteiger partial charge in [0, 0.05) is 62.7 Å². The van der Waals surface area contributed by atoms with E-state index in [0.717, 1.165) is 67.1 Å². The molecule has 1 atom stereocenters. The maximum absolute atomic E-state index is 14.0. The summed E-state index contributed by atoms with van der Waals surface area (Å²) in [5, 5.41) is 12.0. The number of aryl methyl sites for hydroxylation is 1. The van der Waals surface area contributed by atoms with Gasteiger partial charge in [0.2, 0.25) is 5.91 Å². The van der Waals surface area contributed by atoms with E-state index in [1.165, 1.54) is 0 Å². The lowest BCUT2D eigenvalue weighted by Crippen LogP contribution is -2.59. The molecule has 3 saturated heterocycles. The number of likely N-dealkylation sites (tertiary alicyclic amines) is 1. The molecule has 13 heteroatoms. The Bertz CT molecular complexity index is 1380. The summed E-state index contributed by atoms with van der Waals surface area (Å²) in [5.41, 5.74) is 9.46. The van der Waals surface area contributed by atoms with E-state index in [0.29, 0.717) is 68.7 Å². The van der Waals surface area contributed by atoms with Crippen LogP contribution in [0.2, 0.25) is 5.02 Å². The van der Waals surface area contributed by atoms with Crippen molar-refractivity contribution in [3.05, 3.63) is 44.6 Å². The first-order valence-corrected chi connectivity index (χ1v) is 17.6. The van der Waals surface area contributed by atoms with Crippen LogP contribution in [0.25, 0.3) is 0 Å². The van der Waals surface area contributed by atoms with Gasteiger partial charge >= 0.3 is 12.1 Å². The van der Waals surface area contributed by atoms with Gasteiger partial charge in [-0.25, -0.2) is 9.59 Å². The fourth-order valence-corrected chi connectivity index (χ4v) is 8.28. The molecule has 5 heterocycles. The minimum absolute atomic E-state index is 0.0577. The molecule has 1 aromatic heterocycles. The van der Waals surface area contributed by atoms with Gasteiger partial charge in [0.1, 0.15) is 6.04 Å². The number of hydrogen-bond acceptors (Lipinski definition) is 7. The molecule has 0 saturated carbocycles. The number of anilines is 2. The molecule has 244 valence electrons. The number of halogens is 1. The first kappa shape index (κ1) is 31.9. The Morgan fingerprint density at radius 3 is 2.49 bits per heavy atom. The summed E-state index contributed by atoms with van der Waals surface area (Å²) in [4.78, 5) is 49.7. The van der Waals surface area contributed by atoms with Crippen molar-refractivity contribution < 1.29 is 14.4 Å². The van der Waals surface area contributed by atoms with Gasteiger partial charge in [0.05, 0.1) is 22.9 Å². The van der Waals surface area contributed by atoms with Gasteiger partial charge in [-0.1, -0.05) is 24.6 Å². The molecule has 0 aliphatic carbocycles. The summed E-state index contributed by atoms with van der Waals surface area (Å²) in [6, 6.07) is 5.31. The summed E-state index contributed by atoms with van der Waals surface area (Å²) >= 11 is 8.12. The highest BCUT2D eigenvalue weighted by atomic mass is 35.5. The number of urea groups is 2. The molecule has 3 fully saturated rings. The number of piperidine rings is 2. The highest BCUT2D eigenvalue weighted by Crippen LogP contribution is 2.31. The minimum atomic E-state index is -0.727. The summed E-state index contributed by atoms with van der Waals surface area (Å²) < 4.78 is 0. The first-order chi connectivity index (χ1) is 21.8. The number of benzene rings is 1. The second-order valence-electron chi connectivity index (χ2n) is 12.6. The van der Waals surface area contributed by atoms with Gasteiger partial charge in [-0.15, -0.1) is 11.3 Å². The predicted octanol–water partition coefficient (Wildman–Crippen LogP) is 3.58. The molecule has 1 aromatic carbocycles. The number of carbonyl (C=O) groups is 3. The zero-order valence-corrected chi connectivity index (χ0v) is 27.6. The number of rotatable bonds is 7. The number of thiophene rings is 1. The molecule has 4 aliphatic rings. The third-order valence-corrected chi connectivity index (χ3v) is 11.1. The summed E-state index contributed by atoms with van der Waals surface area (Å²) in [6.45, 7) is 8.71. The largest absolute Gasteiger partial charge is 0.397 e. The van der Waals surface area contributed by atoms with Crippen LogP contribution < -0.4 is 21.7 Å². The van der Waals surface area contributed by atoms with Crippen molar-refractivity contribution in [2.75, 3.05) is 63.4 Å². The molecule has 45 heavy (non-hydrogen) atoms. The van der Waals surface area contributed by atoms with Crippen LogP contribution in [0, 0.1) is 0 Å². The van der Waals surface area contributed by atoms with Crippen LogP contribution in [0.1, 0.15) is 48.6 Å². The Labute approximate surface area is 274 Å². The second-order valence-corrected chi connectivity index (χ2v) is 14.0. The topological polar surface area (TPSA) is 126 Å². The van der Waals surface area contributed by atoms with Crippen molar-refractivity contribution in [2.24, 2.45) is 0 Å². The molecule has 5 amide bonds. The predicted molar refractivity (Wildman–Crippen MR) is 179 cm³/mol. The van der Waals surface area contributed by atoms with Crippen molar-refractivity contribution in [3.8, 4) is 0 Å². The monoisotopic (exact) mass is 656 g/mol. The molecule has 11 nitrogen and oxygen atoms in total. The number of carbonyl (C=O) groups excluding carboxylic acids is 3. The van der Waals surface area contributed by atoms with Crippen molar-refractivity contribution in [1.29, 1.82) is 0 Å². The third-order valence-electron chi connectivity index (χ3n) is 9.90. The Kier molecular flexibility index (Phi) is 10.0. The van der Waals surface area contributed by atoms with E-state index in [4.69, 9.17) is 17.3 Å². The smallest absolute Gasteiger partial charge is 0.322 e. The van der Waals surface area contributed by atoms with Gasteiger partial charge in [0.15, 0.2) is 0 Å². The van der Waals surface area contributed by atoms with Crippen LogP contribution in [0.15, 0.2) is 23.6 Å². The molecular formula is C32H45ClN8O3S. The molecule has 0 bridgehead atoms. The molecule has 5 N–H and O–H groups in total. The molecule has 0 unspecified atom stereocenters. The van der Waals surface area contributed by atoms with Crippen molar-refractivity contribution in [3.63, 3.8) is 0 Å². The normalized spacial score (nSPS) is 20.9. The number of nitrogens with two attached hydrogens (primary N) is 1. The van der Waals surface area contributed by atoms with E-state index in [1.54, 1.807) is 16.2 Å². The Morgan fingerprint density at radius 1 is 1.04 bits per heavy atom. The average Bonchev–Trinajstić information content (AvgIpc) is 3.53. The van der Waals surface area contributed by atoms with Gasteiger partial charge in [-0.2, -0.15) is 0 Å². The van der Waals surface area contributed by atoms with Crippen LogP contribution in [-0.4, -0.2) is 108 Å². The number of amides is 5. The van der Waals surface area contributed by atoms with Crippen LogP contribution in [0.4, 0.5) is 21.0 Å². The highest BCUT2D eigenvalue weighted by molar-refractivity contribution is 7.10. The number of piperazine rings is 1. The van der Waals surface area contributed by atoms with Crippen molar-refractivity contribution >= 4 is 52.3 Å². The lowest BCUT2D eigenvalue weighted by molar-refractivity contribution is -0.135. The fourth-order valence-electron chi connectivity index (χ4n) is 7.19. The Hall–Kier alpha value is -3.06. The summed E-state index contributed by atoms with van der Waals surface area (Å²) in [6.07, 6.45) is 4.70. The Balaban J connectivity index is 1.10. The van der Waals surface area contributed by atoms with E-state index in [2.05, 4.69) is 20.9 Å². The molecule has 2 aromatic rings. The zero-order chi connectivity index (χ0) is 31.5. The van der Waals surface area contributed by atoms with Crippen LogP contribution in [-0.2, 0) is 24.2 Å². The van der Waals surface area contributed by atoms with Crippen molar-refractivity contribution in [2.45, 2.75) is 70.1 Å². The second kappa shape index (κ2) is 14.1. The van der Waals surface area contributed by atoms with Crippen LogP contribution >= 0.6 is 22.9 Å². The highest BCUT2D eigenvalue weighted by Gasteiger charge is 2.36. The first-order valence-electron chi connectivity index (χ1n) is 16.3. The average molecular weight is 657 g/mol. The van der Waals surface area contributed by atoms with Crippen molar-refractivity contribution in [1.82, 2.24) is 30.2 Å². The van der Waals surface area contributed by atoms with E-state index in [1.807, 2.05) is 40.3 Å². The Morgan fingerprint density at radius 2 is 1.78 bits per heavy atom. The maximum Gasteiger partial charge on any atom is 0.322 e.